The molecular formula is C7H16ClNO. The maximum atomic E-state index is 5.21. The Kier molecular flexibility index (Phi) is 5.04. The number of morpholine rings is 1. The van der Waals surface area contributed by atoms with Gasteiger partial charge in [-0.3, -0.25) is 4.90 Å². The first-order valence-electron chi connectivity index (χ1n) is 3.62. The van der Waals surface area contributed by atoms with Crippen LogP contribution >= 0.6 is 12.4 Å². The van der Waals surface area contributed by atoms with Gasteiger partial charge in [0.25, 0.3) is 0 Å². The van der Waals surface area contributed by atoms with Gasteiger partial charge >= 0.3 is 0 Å². The third-order valence-electron chi connectivity index (χ3n) is 1.78. The number of hydrogen-bond acceptors (Lipinski definition) is 2. The van der Waals surface area contributed by atoms with Gasteiger partial charge in [-0.15, -0.1) is 12.4 Å². The maximum Gasteiger partial charge on any atom is 0.0594 e. The minimum absolute atomic E-state index is 0. The van der Waals surface area contributed by atoms with E-state index in [4.69, 9.17) is 4.74 Å². The SMILES string of the molecule is CC(C)N1CCOCC1.Cl. The van der Waals surface area contributed by atoms with E-state index in [0.717, 1.165) is 26.3 Å². The standard InChI is InChI=1S/C7H15NO.ClH/c1-7(2)8-3-5-9-6-4-8;/h7H,3-6H2,1-2H3;1H. The summed E-state index contributed by atoms with van der Waals surface area (Å²) in [4.78, 5) is 2.43. The molecule has 1 fully saturated rings. The average molecular weight is 166 g/mol. The fourth-order valence-corrected chi connectivity index (χ4v) is 1.09. The van der Waals surface area contributed by atoms with Crippen LogP contribution < -0.4 is 0 Å². The molecule has 1 aliphatic rings. The minimum Gasteiger partial charge on any atom is -0.379 e. The molecule has 10 heavy (non-hydrogen) atoms. The van der Waals surface area contributed by atoms with E-state index >= 15 is 0 Å². The van der Waals surface area contributed by atoms with Crippen molar-refractivity contribution in [3.63, 3.8) is 0 Å². The Morgan fingerprint density at radius 3 is 2.00 bits per heavy atom. The molecule has 0 aromatic heterocycles. The molecule has 2 nitrogen and oxygen atoms in total. The van der Waals surface area contributed by atoms with Crippen LogP contribution in [0.3, 0.4) is 0 Å². The maximum absolute atomic E-state index is 5.21. The second-order valence-corrected chi connectivity index (χ2v) is 2.74. The van der Waals surface area contributed by atoms with Gasteiger partial charge in [-0.05, 0) is 13.8 Å². The van der Waals surface area contributed by atoms with E-state index in [1.807, 2.05) is 0 Å². The molecule has 0 bridgehead atoms. The molecule has 0 radical (unpaired) electrons. The summed E-state index contributed by atoms with van der Waals surface area (Å²) in [6, 6.07) is 0.689. The Labute approximate surface area is 68.9 Å². The Hall–Kier alpha value is 0.210. The van der Waals surface area contributed by atoms with E-state index in [-0.39, 0.29) is 12.4 Å². The summed E-state index contributed by atoms with van der Waals surface area (Å²) >= 11 is 0. The fourth-order valence-electron chi connectivity index (χ4n) is 1.09. The summed E-state index contributed by atoms with van der Waals surface area (Å²) in [5, 5.41) is 0. The lowest BCUT2D eigenvalue weighted by atomic mass is 10.3. The lowest BCUT2D eigenvalue weighted by Crippen LogP contribution is -2.40. The van der Waals surface area contributed by atoms with Crippen molar-refractivity contribution in [1.82, 2.24) is 4.90 Å². The van der Waals surface area contributed by atoms with Crippen LogP contribution in [0.1, 0.15) is 13.8 Å². The van der Waals surface area contributed by atoms with Gasteiger partial charge < -0.3 is 4.74 Å². The summed E-state index contributed by atoms with van der Waals surface area (Å²) in [5.41, 5.74) is 0. The van der Waals surface area contributed by atoms with E-state index in [0.29, 0.717) is 6.04 Å². The van der Waals surface area contributed by atoms with Crippen molar-refractivity contribution in [3.8, 4) is 0 Å². The molecule has 3 heteroatoms. The molecule has 1 aliphatic heterocycles. The quantitative estimate of drug-likeness (QED) is 0.578. The molecular weight excluding hydrogens is 150 g/mol. The summed E-state index contributed by atoms with van der Waals surface area (Å²) < 4.78 is 5.21. The second-order valence-electron chi connectivity index (χ2n) is 2.74. The van der Waals surface area contributed by atoms with Crippen molar-refractivity contribution in [1.29, 1.82) is 0 Å². The van der Waals surface area contributed by atoms with Crippen molar-refractivity contribution in [2.24, 2.45) is 0 Å². The zero-order valence-corrected chi connectivity index (χ0v) is 7.49. The largest absolute Gasteiger partial charge is 0.379 e. The van der Waals surface area contributed by atoms with Crippen molar-refractivity contribution < 1.29 is 4.74 Å². The van der Waals surface area contributed by atoms with Gasteiger partial charge in [0.2, 0.25) is 0 Å². The fraction of sp³-hybridized carbons (Fsp3) is 1.00. The third kappa shape index (κ3) is 2.86. The number of ether oxygens (including phenoxy) is 1. The highest BCUT2D eigenvalue weighted by molar-refractivity contribution is 5.85. The average Bonchev–Trinajstić information content (AvgIpc) is 1.90. The van der Waals surface area contributed by atoms with Crippen LogP contribution in [0, 0.1) is 0 Å². The van der Waals surface area contributed by atoms with E-state index in [9.17, 15) is 0 Å². The van der Waals surface area contributed by atoms with Crippen molar-refractivity contribution in [2.45, 2.75) is 19.9 Å². The highest BCUT2D eigenvalue weighted by atomic mass is 35.5. The monoisotopic (exact) mass is 165 g/mol. The topological polar surface area (TPSA) is 12.5 Å². The molecule has 1 saturated heterocycles. The Morgan fingerprint density at radius 2 is 1.70 bits per heavy atom. The molecule has 0 spiro atoms. The summed E-state index contributed by atoms with van der Waals surface area (Å²) in [6.07, 6.45) is 0. The molecule has 0 aromatic rings. The van der Waals surface area contributed by atoms with E-state index in [1.54, 1.807) is 0 Å². The molecule has 0 N–H and O–H groups in total. The normalized spacial score (nSPS) is 20.7. The van der Waals surface area contributed by atoms with Crippen LogP contribution in [0.15, 0.2) is 0 Å². The summed E-state index contributed by atoms with van der Waals surface area (Å²) in [5.74, 6) is 0. The van der Waals surface area contributed by atoms with Crippen LogP contribution in [-0.2, 0) is 4.74 Å². The number of nitrogens with zero attached hydrogens (tertiary/aromatic N) is 1. The second kappa shape index (κ2) is 4.94. The minimum atomic E-state index is 0. The van der Waals surface area contributed by atoms with Gasteiger partial charge in [-0.25, -0.2) is 0 Å². The Balaban J connectivity index is 0.000000810. The Bertz CT molecular complexity index is 81.7. The third-order valence-corrected chi connectivity index (χ3v) is 1.78. The highest BCUT2D eigenvalue weighted by Crippen LogP contribution is 2.01. The van der Waals surface area contributed by atoms with Crippen LogP contribution in [0.4, 0.5) is 0 Å². The van der Waals surface area contributed by atoms with Gasteiger partial charge in [0, 0.05) is 19.1 Å². The molecule has 1 heterocycles. The van der Waals surface area contributed by atoms with Gasteiger partial charge in [-0.2, -0.15) is 0 Å². The van der Waals surface area contributed by atoms with Gasteiger partial charge in [0.05, 0.1) is 13.2 Å². The molecule has 0 aromatic carbocycles. The van der Waals surface area contributed by atoms with Gasteiger partial charge in [0.15, 0.2) is 0 Å². The van der Waals surface area contributed by atoms with Crippen LogP contribution in [-0.4, -0.2) is 37.2 Å². The molecule has 62 valence electrons. The predicted octanol–water partition coefficient (Wildman–Crippen LogP) is 1.15. The molecule has 1 rings (SSSR count). The Morgan fingerprint density at radius 1 is 1.20 bits per heavy atom. The first kappa shape index (κ1) is 10.2. The predicted molar refractivity (Wildman–Crippen MR) is 44.8 cm³/mol. The van der Waals surface area contributed by atoms with Gasteiger partial charge in [-0.1, -0.05) is 0 Å². The molecule has 0 atom stereocenters. The van der Waals surface area contributed by atoms with Gasteiger partial charge in [0.1, 0.15) is 0 Å². The lowest BCUT2D eigenvalue weighted by Gasteiger charge is -2.29. The summed E-state index contributed by atoms with van der Waals surface area (Å²) in [6.45, 7) is 8.50. The zero-order chi connectivity index (χ0) is 6.69. The number of rotatable bonds is 1. The van der Waals surface area contributed by atoms with Crippen LogP contribution in [0.5, 0.6) is 0 Å². The summed E-state index contributed by atoms with van der Waals surface area (Å²) in [7, 11) is 0. The highest BCUT2D eigenvalue weighted by Gasteiger charge is 2.11. The number of hydrogen-bond donors (Lipinski definition) is 0. The molecule has 0 aliphatic carbocycles. The van der Waals surface area contributed by atoms with E-state index in [2.05, 4.69) is 18.7 Å². The van der Waals surface area contributed by atoms with Crippen molar-refractivity contribution in [3.05, 3.63) is 0 Å². The van der Waals surface area contributed by atoms with Crippen molar-refractivity contribution in [2.75, 3.05) is 26.3 Å². The lowest BCUT2D eigenvalue weighted by molar-refractivity contribution is 0.0238. The van der Waals surface area contributed by atoms with Crippen LogP contribution in [0.25, 0.3) is 0 Å². The zero-order valence-electron chi connectivity index (χ0n) is 6.67. The van der Waals surface area contributed by atoms with Crippen molar-refractivity contribution >= 4 is 12.4 Å². The van der Waals surface area contributed by atoms with Crippen LogP contribution in [0.2, 0.25) is 0 Å². The van der Waals surface area contributed by atoms with E-state index < -0.39 is 0 Å². The first-order chi connectivity index (χ1) is 4.30. The number of halogens is 1. The smallest absolute Gasteiger partial charge is 0.0594 e. The molecule has 0 amide bonds. The van der Waals surface area contributed by atoms with E-state index in [1.165, 1.54) is 0 Å². The first-order valence-corrected chi connectivity index (χ1v) is 3.62. The molecule has 0 saturated carbocycles. The molecule has 0 unspecified atom stereocenters.